The molecular formula is C21H14Cl2N4O2. The lowest BCUT2D eigenvalue weighted by Gasteiger charge is -2.15. The number of phenolic OH excluding ortho intramolecular Hbond substituents is 1. The summed E-state index contributed by atoms with van der Waals surface area (Å²) in [4.78, 5) is 16.6. The summed E-state index contributed by atoms with van der Waals surface area (Å²) < 4.78 is 1.79. The summed E-state index contributed by atoms with van der Waals surface area (Å²) in [6.07, 6.45) is 1.35. The van der Waals surface area contributed by atoms with Gasteiger partial charge in [-0.25, -0.2) is 5.43 Å². The van der Waals surface area contributed by atoms with Crippen LogP contribution in [0.2, 0.25) is 10.0 Å². The van der Waals surface area contributed by atoms with Gasteiger partial charge in [-0.05, 0) is 36.4 Å². The van der Waals surface area contributed by atoms with Crippen molar-refractivity contribution in [2.75, 3.05) is 5.43 Å². The summed E-state index contributed by atoms with van der Waals surface area (Å²) in [5, 5.41) is 15.1. The number of aromatic nitrogens is 2. The van der Waals surface area contributed by atoms with Crippen LogP contribution >= 0.6 is 23.2 Å². The van der Waals surface area contributed by atoms with E-state index in [1.807, 2.05) is 42.5 Å². The number of phenols is 1. The number of hydrogen-bond acceptors (Lipinski definition) is 5. The molecule has 0 aliphatic heterocycles. The number of nitrogens with one attached hydrogen (secondary N) is 1. The van der Waals surface area contributed by atoms with Gasteiger partial charge in [0.15, 0.2) is 0 Å². The molecule has 3 aromatic carbocycles. The van der Waals surface area contributed by atoms with E-state index in [0.29, 0.717) is 21.5 Å². The molecule has 144 valence electrons. The Labute approximate surface area is 175 Å². The van der Waals surface area contributed by atoms with Crippen molar-refractivity contribution in [3.63, 3.8) is 0 Å². The number of benzene rings is 3. The molecule has 0 saturated heterocycles. The van der Waals surface area contributed by atoms with Crippen LogP contribution in [0.25, 0.3) is 16.6 Å². The van der Waals surface area contributed by atoms with Gasteiger partial charge < -0.3 is 5.11 Å². The van der Waals surface area contributed by atoms with Gasteiger partial charge >= 0.3 is 0 Å². The fourth-order valence-electron chi connectivity index (χ4n) is 2.93. The van der Waals surface area contributed by atoms with Crippen LogP contribution in [-0.4, -0.2) is 20.9 Å². The fourth-order valence-corrected chi connectivity index (χ4v) is 3.44. The van der Waals surface area contributed by atoms with Crippen molar-refractivity contribution in [3.8, 4) is 11.4 Å². The zero-order chi connectivity index (χ0) is 20.4. The first kappa shape index (κ1) is 19.0. The normalized spacial score (nSPS) is 11.2. The van der Waals surface area contributed by atoms with E-state index in [2.05, 4.69) is 15.5 Å². The smallest absolute Gasteiger partial charge is 0.282 e. The van der Waals surface area contributed by atoms with Crippen molar-refractivity contribution >= 4 is 46.3 Å². The molecule has 0 atom stereocenters. The molecule has 0 unspecified atom stereocenters. The van der Waals surface area contributed by atoms with E-state index >= 15 is 0 Å². The quantitative estimate of drug-likeness (QED) is 0.362. The molecule has 0 saturated carbocycles. The van der Waals surface area contributed by atoms with Crippen molar-refractivity contribution in [2.24, 2.45) is 5.10 Å². The lowest BCUT2D eigenvalue weighted by molar-refractivity contribution is 0.475. The van der Waals surface area contributed by atoms with Crippen LogP contribution in [0.15, 0.2) is 76.6 Å². The predicted octanol–water partition coefficient (Wildman–Crippen LogP) is 4.84. The first-order valence-electron chi connectivity index (χ1n) is 8.59. The van der Waals surface area contributed by atoms with E-state index in [0.717, 1.165) is 5.69 Å². The highest BCUT2D eigenvalue weighted by molar-refractivity contribution is 6.36. The summed E-state index contributed by atoms with van der Waals surface area (Å²) in [7, 11) is 0. The zero-order valence-electron chi connectivity index (χ0n) is 14.9. The minimum atomic E-state index is -0.376. The molecule has 1 heterocycles. The lowest BCUT2D eigenvalue weighted by Crippen LogP contribution is -2.16. The summed E-state index contributed by atoms with van der Waals surface area (Å²) in [5.74, 6) is 0.0808. The molecule has 6 nitrogen and oxygen atoms in total. The summed E-state index contributed by atoms with van der Waals surface area (Å²) >= 11 is 11.9. The molecule has 0 bridgehead atoms. The number of para-hydroxylation sites is 2. The highest BCUT2D eigenvalue weighted by Crippen LogP contribution is 2.30. The molecule has 0 fully saturated rings. The molecule has 0 aliphatic rings. The van der Waals surface area contributed by atoms with E-state index < -0.39 is 0 Å². The van der Waals surface area contributed by atoms with Crippen LogP contribution in [0.3, 0.4) is 0 Å². The molecule has 29 heavy (non-hydrogen) atoms. The Balaban J connectivity index is 1.81. The Bertz CT molecular complexity index is 1290. The molecule has 4 aromatic rings. The number of hydrazone groups is 1. The third-order valence-electron chi connectivity index (χ3n) is 4.23. The van der Waals surface area contributed by atoms with Crippen LogP contribution < -0.4 is 11.0 Å². The standard InChI is InChI=1S/C21H14Cl2N4O2/c22-14-10-13(19(28)17(23)11-14)12-24-26-21-25-20(29)16-8-4-5-9-18(16)27(21)15-6-2-1-3-7-15/h1-12,28H,(H,25,26,29)/b24-12-. The maximum Gasteiger partial charge on any atom is 0.282 e. The van der Waals surface area contributed by atoms with E-state index in [9.17, 15) is 9.90 Å². The molecule has 0 aliphatic carbocycles. The number of nitrogens with zero attached hydrogens (tertiary/aromatic N) is 3. The Kier molecular flexibility index (Phi) is 5.20. The van der Waals surface area contributed by atoms with Gasteiger partial charge in [-0.2, -0.15) is 10.1 Å². The van der Waals surface area contributed by atoms with Gasteiger partial charge in [0, 0.05) is 16.3 Å². The Morgan fingerprint density at radius 1 is 1.03 bits per heavy atom. The van der Waals surface area contributed by atoms with Gasteiger partial charge in [0.1, 0.15) is 5.75 Å². The summed E-state index contributed by atoms with van der Waals surface area (Å²) in [6, 6.07) is 19.6. The zero-order valence-corrected chi connectivity index (χ0v) is 16.4. The second kappa shape index (κ2) is 7.95. The van der Waals surface area contributed by atoms with Gasteiger partial charge in [-0.15, -0.1) is 0 Å². The van der Waals surface area contributed by atoms with Crippen molar-refractivity contribution < 1.29 is 5.11 Å². The van der Waals surface area contributed by atoms with Crippen molar-refractivity contribution in [2.45, 2.75) is 0 Å². The van der Waals surface area contributed by atoms with Crippen molar-refractivity contribution in [1.29, 1.82) is 0 Å². The second-order valence-corrected chi connectivity index (χ2v) is 6.97. The van der Waals surface area contributed by atoms with Crippen molar-refractivity contribution in [1.82, 2.24) is 9.55 Å². The van der Waals surface area contributed by atoms with Crippen LogP contribution in [-0.2, 0) is 0 Å². The van der Waals surface area contributed by atoms with E-state index in [4.69, 9.17) is 23.2 Å². The Hall–Kier alpha value is -3.35. The topological polar surface area (TPSA) is 79.5 Å². The molecular weight excluding hydrogens is 411 g/mol. The highest BCUT2D eigenvalue weighted by Gasteiger charge is 2.12. The van der Waals surface area contributed by atoms with Gasteiger partial charge in [0.2, 0.25) is 5.95 Å². The number of halogens is 2. The third kappa shape index (κ3) is 3.81. The van der Waals surface area contributed by atoms with Crippen LogP contribution in [0, 0.1) is 0 Å². The minimum absolute atomic E-state index is 0.115. The highest BCUT2D eigenvalue weighted by atomic mass is 35.5. The number of fused-ring (bicyclic) bond motifs is 1. The number of aromatic hydroxyl groups is 1. The van der Waals surface area contributed by atoms with Gasteiger partial charge in [-0.1, -0.05) is 53.5 Å². The van der Waals surface area contributed by atoms with E-state index in [1.54, 1.807) is 16.7 Å². The molecule has 2 N–H and O–H groups in total. The van der Waals surface area contributed by atoms with Gasteiger partial charge in [0.25, 0.3) is 5.56 Å². The van der Waals surface area contributed by atoms with E-state index in [-0.39, 0.29) is 22.3 Å². The lowest BCUT2D eigenvalue weighted by atomic mass is 10.2. The molecule has 4 rings (SSSR count). The number of rotatable bonds is 4. The Morgan fingerprint density at radius 2 is 1.76 bits per heavy atom. The van der Waals surface area contributed by atoms with Gasteiger partial charge in [0.05, 0.1) is 22.1 Å². The van der Waals surface area contributed by atoms with E-state index in [1.165, 1.54) is 18.3 Å². The number of hydrogen-bond donors (Lipinski definition) is 2. The first-order chi connectivity index (χ1) is 14.0. The molecule has 8 heteroatoms. The fraction of sp³-hybridized carbons (Fsp3) is 0. The summed E-state index contributed by atoms with van der Waals surface area (Å²) in [5.41, 5.74) is 4.22. The number of anilines is 1. The average Bonchev–Trinajstić information content (AvgIpc) is 2.72. The predicted molar refractivity (Wildman–Crippen MR) is 117 cm³/mol. The third-order valence-corrected chi connectivity index (χ3v) is 4.74. The van der Waals surface area contributed by atoms with Gasteiger partial charge in [-0.3, -0.25) is 9.36 Å². The largest absolute Gasteiger partial charge is 0.506 e. The molecule has 0 amide bonds. The molecule has 0 spiro atoms. The maximum absolute atomic E-state index is 12.5. The van der Waals surface area contributed by atoms with Crippen LogP contribution in [0.5, 0.6) is 5.75 Å². The van der Waals surface area contributed by atoms with Crippen LogP contribution in [0.1, 0.15) is 5.56 Å². The molecule has 0 radical (unpaired) electrons. The second-order valence-electron chi connectivity index (χ2n) is 6.12. The summed E-state index contributed by atoms with van der Waals surface area (Å²) in [6.45, 7) is 0. The Morgan fingerprint density at radius 3 is 2.55 bits per heavy atom. The van der Waals surface area contributed by atoms with Crippen LogP contribution in [0.4, 0.5) is 5.95 Å². The van der Waals surface area contributed by atoms with Crippen molar-refractivity contribution in [3.05, 3.63) is 92.7 Å². The minimum Gasteiger partial charge on any atom is -0.506 e. The SMILES string of the molecule is O=c1nc(N/N=C\c2cc(Cl)cc(Cl)c2O)n(-c2ccccc2)c2ccccc12. The maximum atomic E-state index is 12.5. The molecule has 1 aromatic heterocycles. The first-order valence-corrected chi connectivity index (χ1v) is 9.34. The average molecular weight is 425 g/mol. The monoisotopic (exact) mass is 424 g/mol.